The SMILES string of the molecule is NCc1cccc(NC(=O)NC2CCS(=O)(=O)C2)c1. The van der Waals surface area contributed by atoms with E-state index >= 15 is 0 Å². The quantitative estimate of drug-likeness (QED) is 0.749. The Bertz CT molecular complexity index is 571. The first-order valence-corrected chi connectivity index (χ1v) is 7.87. The summed E-state index contributed by atoms with van der Waals surface area (Å²) in [4.78, 5) is 11.7. The Morgan fingerprint density at radius 2 is 2.21 bits per heavy atom. The second-order valence-electron chi connectivity index (χ2n) is 4.60. The maximum atomic E-state index is 11.7. The molecule has 1 fully saturated rings. The van der Waals surface area contributed by atoms with E-state index in [4.69, 9.17) is 5.73 Å². The number of nitrogens with two attached hydrogens (primary N) is 1. The van der Waals surface area contributed by atoms with E-state index in [0.717, 1.165) is 5.56 Å². The van der Waals surface area contributed by atoms with E-state index in [0.29, 0.717) is 18.7 Å². The van der Waals surface area contributed by atoms with Crippen molar-refractivity contribution >= 4 is 21.6 Å². The zero-order chi connectivity index (χ0) is 13.9. The monoisotopic (exact) mass is 283 g/mol. The molecule has 19 heavy (non-hydrogen) atoms. The molecule has 1 aromatic rings. The van der Waals surface area contributed by atoms with Gasteiger partial charge in [-0.05, 0) is 24.1 Å². The van der Waals surface area contributed by atoms with Gasteiger partial charge in [0.25, 0.3) is 0 Å². The zero-order valence-corrected chi connectivity index (χ0v) is 11.2. The molecule has 1 saturated heterocycles. The summed E-state index contributed by atoms with van der Waals surface area (Å²) in [6, 6.07) is 6.51. The summed E-state index contributed by atoms with van der Waals surface area (Å²) in [5.74, 6) is 0.157. The molecule has 2 amide bonds. The van der Waals surface area contributed by atoms with E-state index in [1.807, 2.05) is 6.07 Å². The normalized spacial score (nSPS) is 21.0. The first-order valence-electron chi connectivity index (χ1n) is 6.05. The Morgan fingerprint density at radius 3 is 2.84 bits per heavy atom. The molecule has 0 radical (unpaired) electrons. The molecule has 0 saturated carbocycles. The molecule has 0 spiro atoms. The molecule has 0 aromatic heterocycles. The summed E-state index contributed by atoms with van der Waals surface area (Å²) in [6.45, 7) is 0.401. The third-order valence-electron chi connectivity index (χ3n) is 2.99. The largest absolute Gasteiger partial charge is 0.334 e. The molecular weight excluding hydrogens is 266 g/mol. The fourth-order valence-electron chi connectivity index (χ4n) is 2.04. The molecule has 4 N–H and O–H groups in total. The van der Waals surface area contributed by atoms with Crippen molar-refractivity contribution in [3.8, 4) is 0 Å². The van der Waals surface area contributed by atoms with Gasteiger partial charge in [-0.25, -0.2) is 13.2 Å². The van der Waals surface area contributed by atoms with Crippen LogP contribution in [0.3, 0.4) is 0 Å². The average Bonchev–Trinajstić information content (AvgIpc) is 2.68. The van der Waals surface area contributed by atoms with Gasteiger partial charge in [-0.2, -0.15) is 0 Å². The lowest BCUT2D eigenvalue weighted by Gasteiger charge is -2.12. The van der Waals surface area contributed by atoms with Crippen LogP contribution in [0.2, 0.25) is 0 Å². The number of hydrogen-bond acceptors (Lipinski definition) is 4. The molecule has 1 aliphatic rings. The van der Waals surface area contributed by atoms with Crippen LogP contribution in [0.4, 0.5) is 10.5 Å². The maximum Gasteiger partial charge on any atom is 0.319 e. The van der Waals surface area contributed by atoms with Gasteiger partial charge in [-0.1, -0.05) is 12.1 Å². The predicted octanol–water partition coefficient (Wildman–Crippen LogP) is 0.454. The van der Waals surface area contributed by atoms with Crippen LogP contribution in [0.25, 0.3) is 0 Å². The third kappa shape index (κ3) is 3.93. The predicted molar refractivity (Wildman–Crippen MR) is 73.5 cm³/mol. The third-order valence-corrected chi connectivity index (χ3v) is 4.76. The highest BCUT2D eigenvalue weighted by atomic mass is 32.2. The standard InChI is InChI=1S/C12H17N3O3S/c13-7-9-2-1-3-10(6-9)14-12(16)15-11-4-5-19(17,18)8-11/h1-3,6,11H,4-5,7-8,13H2,(H2,14,15,16). The number of benzene rings is 1. The van der Waals surface area contributed by atoms with Gasteiger partial charge in [-0.3, -0.25) is 0 Å². The van der Waals surface area contributed by atoms with Crippen molar-refractivity contribution < 1.29 is 13.2 Å². The summed E-state index contributed by atoms with van der Waals surface area (Å²) >= 11 is 0. The van der Waals surface area contributed by atoms with Gasteiger partial charge in [0.05, 0.1) is 11.5 Å². The molecule has 1 aliphatic heterocycles. The lowest BCUT2D eigenvalue weighted by Crippen LogP contribution is -2.38. The zero-order valence-electron chi connectivity index (χ0n) is 10.4. The number of urea groups is 1. The lowest BCUT2D eigenvalue weighted by molar-refractivity contribution is 0.249. The molecule has 1 atom stereocenters. The van der Waals surface area contributed by atoms with Gasteiger partial charge in [0, 0.05) is 18.3 Å². The smallest absolute Gasteiger partial charge is 0.319 e. The summed E-state index contributed by atoms with van der Waals surface area (Å²) in [7, 11) is -2.98. The van der Waals surface area contributed by atoms with Crippen LogP contribution in [-0.4, -0.2) is 32.0 Å². The second kappa shape index (κ2) is 5.58. The number of sulfone groups is 1. The highest BCUT2D eigenvalue weighted by Gasteiger charge is 2.28. The first kappa shape index (κ1) is 13.8. The fraction of sp³-hybridized carbons (Fsp3) is 0.417. The summed E-state index contributed by atoms with van der Waals surface area (Å²) in [6.07, 6.45) is 0.471. The Balaban J connectivity index is 1.91. The van der Waals surface area contributed by atoms with E-state index in [1.165, 1.54) is 0 Å². The van der Waals surface area contributed by atoms with Crippen molar-refractivity contribution in [3.05, 3.63) is 29.8 Å². The highest BCUT2D eigenvalue weighted by Crippen LogP contribution is 2.13. The number of carbonyl (C=O) groups excluding carboxylic acids is 1. The van der Waals surface area contributed by atoms with E-state index in [2.05, 4.69) is 10.6 Å². The summed E-state index contributed by atoms with van der Waals surface area (Å²) in [5, 5.41) is 5.33. The Labute approximate surface area is 112 Å². The van der Waals surface area contributed by atoms with Crippen LogP contribution in [0.5, 0.6) is 0 Å². The van der Waals surface area contributed by atoms with Crippen LogP contribution in [0.1, 0.15) is 12.0 Å². The first-order chi connectivity index (χ1) is 8.98. The number of carbonyl (C=O) groups is 1. The van der Waals surface area contributed by atoms with Gasteiger partial charge >= 0.3 is 6.03 Å². The molecular formula is C12H17N3O3S. The molecule has 0 aliphatic carbocycles. The van der Waals surface area contributed by atoms with Gasteiger partial charge in [0.15, 0.2) is 9.84 Å². The van der Waals surface area contributed by atoms with Crippen molar-refractivity contribution in [2.75, 3.05) is 16.8 Å². The van der Waals surface area contributed by atoms with Crippen LogP contribution in [0, 0.1) is 0 Å². The van der Waals surface area contributed by atoms with E-state index in [1.54, 1.807) is 18.2 Å². The van der Waals surface area contributed by atoms with Crippen LogP contribution in [-0.2, 0) is 16.4 Å². The molecule has 0 bridgehead atoms. The minimum atomic E-state index is -2.98. The van der Waals surface area contributed by atoms with Crippen LogP contribution < -0.4 is 16.4 Å². The van der Waals surface area contributed by atoms with Gasteiger partial charge in [0.2, 0.25) is 0 Å². The average molecular weight is 283 g/mol. The minimum absolute atomic E-state index is 0.0171. The summed E-state index contributed by atoms with van der Waals surface area (Å²) < 4.78 is 22.6. The number of hydrogen-bond donors (Lipinski definition) is 3. The molecule has 1 aromatic carbocycles. The van der Waals surface area contributed by atoms with E-state index in [-0.39, 0.29) is 17.5 Å². The molecule has 104 valence electrons. The Hall–Kier alpha value is -1.60. The van der Waals surface area contributed by atoms with Crippen molar-refractivity contribution in [2.24, 2.45) is 5.73 Å². The van der Waals surface area contributed by atoms with Crippen molar-refractivity contribution in [1.82, 2.24) is 5.32 Å². The number of anilines is 1. The molecule has 7 heteroatoms. The van der Waals surface area contributed by atoms with Crippen molar-refractivity contribution in [3.63, 3.8) is 0 Å². The topological polar surface area (TPSA) is 101 Å². The van der Waals surface area contributed by atoms with Gasteiger partial charge in [0.1, 0.15) is 0 Å². The molecule has 1 heterocycles. The van der Waals surface area contributed by atoms with E-state index in [9.17, 15) is 13.2 Å². The molecule has 6 nitrogen and oxygen atoms in total. The maximum absolute atomic E-state index is 11.7. The number of nitrogens with one attached hydrogen (secondary N) is 2. The minimum Gasteiger partial charge on any atom is -0.334 e. The van der Waals surface area contributed by atoms with Crippen LogP contribution >= 0.6 is 0 Å². The van der Waals surface area contributed by atoms with Crippen LogP contribution in [0.15, 0.2) is 24.3 Å². The molecule has 2 rings (SSSR count). The van der Waals surface area contributed by atoms with Crippen molar-refractivity contribution in [1.29, 1.82) is 0 Å². The highest BCUT2D eigenvalue weighted by molar-refractivity contribution is 7.91. The lowest BCUT2D eigenvalue weighted by atomic mass is 10.2. The number of rotatable bonds is 3. The van der Waals surface area contributed by atoms with Crippen molar-refractivity contribution in [2.45, 2.75) is 19.0 Å². The van der Waals surface area contributed by atoms with Gasteiger partial charge in [-0.15, -0.1) is 0 Å². The fourth-order valence-corrected chi connectivity index (χ4v) is 3.71. The Morgan fingerprint density at radius 1 is 1.42 bits per heavy atom. The summed E-state index contributed by atoms with van der Waals surface area (Å²) in [5.41, 5.74) is 7.07. The molecule has 1 unspecified atom stereocenters. The Kier molecular flexibility index (Phi) is 4.06. The van der Waals surface area contributed by atoms with Gasteiger partial charge < -0.3 is 16.4 Å². The van der Waals surface area contributed by atoms with E-state index < -0.39 is 15.9 Å². The number of amides is 2. The second-order valence-corrected chi connectivity index (χ2v) is 6.83.